The largest absolute Gasteiger partial charge is 0.352 e. The van der Waals surface area contributed by atoms with E-state index in [9.17, 15) is 4.79 Å². The zero-order chi connectivity index (χ0) is 21.1. The van der Waals surface area contributed by atoms with Gasteiger partial charge >= 0.3 is 0 Å². The van der Waals surface area contributed by atoms with Gasteiger partial charge in [0.05, 0.1) is 21.5 Å². The maximum atomic E-state index is 13.3. The highest BCUT2D eigenvalue weighted by molar-refractivity contribution is 6.42. The highest BCUT2D eigenvalue weighted by Gasteiger charge is 2.29. The number of piperazine rings is 1. The summed E-state index contributed by atoms with van der Waals surface area (Å²) in [5, 5.41) is 1.95. The molecule has 0 radical (unpaired) electrons. The van der Waals surface area contributed by atoms with Crippen molar-refractivity contribution in [2.45, 2.75) is 12.3 Å². The fourth-order valence-electron chi connectivity index (χ4n) is 3.93. The van der Waals surface area contributed by atoms with E-state index in [-0.39, 0.29) is 36.6 Å². The summed E-state index contributed by atoms with van der Waals surface area (Å²) in [6.45, 7) is 3.09. The van der Waals surface area contributed by atoms with Crippen LogP contribution >= 0.6 is 48.0 Å². The van der Waals surface area contributed by atoms with Crippen molar-refractivity contribution in [3.05, 3.63) is 64.4 Å². The predicted molar refractivity (Wildman–Crippen MR) is 136 cm³/mol. The standard InChI is InChI=1S/C22H23Cl2N5O.2ClH/c23-18-6-5-15(13-19(18)24)16(7-8-25)22(30)29-11-9-28(10-12-29)21-17-3-1-2-4-20(17)26-14-27-21;;/h1-6,13-14,16H,7-12,25H2;2*1H. The van der Waals surface area contributed by atoms with Crippen LogP contribution in [0.4, 0.5) is 5.82 Å². The van der Waals surface area contributed by atoms with Gasteiger partial charge in [-0.05, 0) is 42.8 Å². The second kappa shape index (κ2) is 11.9. The summed E-state index contributed by atoms with van der Waals surface area (Å²) in [5.41, 5.74) is 7.57. The molecule has 2 aromatic carbocycles. The lowest BCUT2D eigenvalue weighted by molar-refractivity contribution is -0.133. The summed E-state index contributed by atoms with van der Waals surface area (Å²) in [6.07, 6.45) is 2.16. The fraction of sp³-hybridized carbons (Fsp3) is 0.318. The van der Waals surface area contributed by atoms with E-state index in [0.29, 0.717) is 49.2 Å². The number of halogens is 4. The molecule has 4 rings (SSSR count). The van der Waals surface area contributed by atoms with Crippen LogP contribution in [0.3, 0.4) is 0 Å². The van der Waals surface area contributed by atoms with E-state index in [2.05, 4.69) is 14.9 Å². The van der Waals surface area contributed by atoms with Gasteiger partial charge in [-0.25, -0.2) is 9.97 Å². The zero-order valence-corrected chi connectivity index (χ0v) is 20.4. The maximum absolute atomic E-state index is 13.3. The lowest BCUT2D eigenvalue weighted by atomic mass is 9.94. The van der Waals surface area contributed by atoms with Gasteiger partial charge in [-0.3, -0.25) is 4.79 Å². The van der Waals surface area contributed by atoms with Gasteiger partial charge in [0.25, 0.3) is 0 Å². The fourth-order valence-corrected chi connectivity index (χ4v) is 4.24. The van der Waals surface area contributed by atoms with Gasteiger partial charge < -0.3 is 15.5 Å². The van der Waals surface area contributed by atoms with Crippen LogP contribution in [0.25, 0.3) is 10.9 Å². The molecule has 0 bridgehead atoms. The Morgan fingerprint density at radius 1 is 1.00 bits per heavy atom. The summed E-state index contributed by atoms with van der Waals surface area (Å²) in [7, 11) is 0. The molecule has 1 amide bonds. The number of carbonyl (C=O) groups is 1. The molecule has 10 heteroatoms. The second-order valence-electron chi connectivity index (χ2n) is 7.33. The van der Waals surface area contributed by atoms with Crippen molar-refractivity contribution in [1.82, 2.24) is 14.9 Å². The molecule has 32 heavy (non-hydrogen) atoms. The smallest absolute Gasteiger partial charge is 0.230 e. The Kier molecular flexibility index (Phi) is 9.80. The molecule has 172 valence electrons. The quantitative estimate of drug-likeness (QED) is 0.537. The summed E-state index contributed by atoms with van der Waals surface area (Å²) in [6, 6.07) is 13.3. The third kappa shape index (κ3) is 5.56. The topological polar surface area (TPSA) is 75.4 Å². The average molecular weight is 517 g/mol. The van der Waals surface area contributed by atoms with E-state index in [1.165, 1.54) is 0 Å². The number of nitrogens with two attached hydrogens (primary N) is 1. The normalized spacial score (nSPS) is 14.5. The highest BCUT2D eigenvalue weighted by Crippen LogP contribution is 2.30. The number of benzene rings is 2. The number of aromatic nitrogens is 2. The molecule has 1 aliphatic heterocycles. The minimum absolute atomic E-state index is 0. The van der Waals surface area contributed by atoms with Gasteiger partial charge in [0, 0.05) is 31.6 Å². The molecule has 2 N–H and O–H groups in total. The van der Waals surface area contributed by atoms with Crippen molar-refractivity contribution >= 4 is 70.6 Å². The van der Waals surface area contributed by atoms with Crippen molar-refractivity contribution < 1.29 is 4.79 Å². The van der Waals surface area contributed by atoms with E-state index in [4.69, 9.17) is 28.9 Å². The predicted octanol–water partition coefficient (Wildman–Crippen LogP) is 4.56. The molecular weight excluding hydrogens is 492 g/mol. The average Bonchev–Trinajstić information content (AvgIpc) is 2.79. The second-order valence-corrected chi connectivity index (χ2v) is 8.14. The molecule has 2 heterocycles. The minimum atomic E-state index is -0.323. The molecule has 1 aliphatic rings. The van der Waals surface area contributed by atoms with Crippen LogP contribution in [0.5, 0.6) is 0 Å². The molecule has 0 saturated carbocycles. The summed E-state index contributed by atoms with van der Waals surface area (Å²) in [4.78, 5) is 26.2. The third-order valence-corrected chi connectivity index (χ3v) is 6.25. The van der Waals surface area contributed by atoms with Crippen LogP contribution < -0.4 is 10.6 Å². The van der Waals surface area contributed by atoms with E-state index in [1.54, 1.807) is 18.5 Å². The van der Waals surface area contributed by atoms with Crippen molar-refractivity contribution in [2.24, 2.45) is 5.73 Å². The molecule has 1 atom stereocenters. The third-order valence-electron chi connectivity index (χ3n) is 5.51. The number of amides is 1. The Bertz CT molecular complexity index is 1050. The Morgan fingerprint density at radius 3 is 2.41 bits per heavy atom. The van der Waals surface area contributed by atoms with E-state index < -0.39 is 0 Å². The molecular formula is C22H25Cl4N5O. The van der Waals surface area contributed by atoms with Crippen LogP contribution in [0.15, 0.2) is 48.8 Å². The van der Waals surface area contributed by atoms with Crippen molar-refractivity contribution in [1.29, 1.82) is 0 Å². The Hall–Kier alpha value is -1.83. The van der Waals surface area contributed by atoms with E-state index in [0.717, 1.165) is 22.3 Å². The van der Waals surface area contributed by atoms with Crippen LogP contribution in [-0.2, 0) is 4.79 Å². The monoisotopic (exact) mass is 515 g/mol. The van der Waals surface area contributed by atoms with Gasteiger partial charge in [0.1, 0.15) is 12.1 Å². The molecule has 0 spiro atoms. The van der Waals surface area contributed by atoms with Crippen molar-refractivity contribution in [3.63, 3.8) is 0 Å². The van der Waals surface area contributed by atoms with Crippen molar-refractivity contribution in [3.8, 4) is 0 Å². The molecule has 1 saturated heterocycles. The van der Waals surface area contributed by atoms with Gasteiger partial charge in [-0.1, -0.05) is 41.4 Å². The molecule has 1 fully saturated rings. The summed E-state index contributed by atoms with van der Waals surface area (Å²) < 4.78 is 0. The zero-order valence-electron chi connectivity index (χ0n) is 17.3. The Balaban J connectivity index is 0.00000181. The Labute approximate surface area is 209 Å². The van der Waals surface area contributed by atoms with Gasteiger partial charge in [-0.2, -0.15) is 0 Å². The van der Waals surface area contributed by atoms with Gasteiger partial charge in [-0.15, -0.1) is 24.8 Å². The number of hydrogen-bond acceptors (Lipinski definition) is 5. The first-order chi connectivity index (χ1) is 14.6. The number of nitrogens with zero attached hydrogens (tertiary/aromatic N) is 4. The first-order valence-electron chi connectivity index (χ1n) is 9.97. The number of rotatable bonds is 5. The van der Waals surface area contributed by atoms with Crippen LogP contribution in [-0.4, -0.2) is 53.5 Å². The number of anilines is 1. The molecule has 1 unspecified atom stereocenters. The number of para-hydroxylation sites is 1. The van der Waals surface area contributed by atoms with Crippen LogP contribution in [0.2, 0.25) is 10.0 Å². The SMILES string of the molecule is Cl.Cl.NCCC(C(=O)N1CCN(c2ncnc3ccccc23)CC1)c1ccc(Cl)c(Cl)c1. The maximum Gasteiger partial charge on any atom is 0.230 e. The molecule has 3 aromatic rings. The highest BCUT2D eigenvalue weighted by atomic mass is 35.5. The van der Waals surface area contributed by atoms with Crippen LogP contribution in [0, 0.1) is 0 Å². The van der Waals surface area contributed by atoms with Crippen LogP contribution in [0.1, 0.15) is 17.9 Å². The summed E-state index contributed by atoms with van der Waals surface area (Å²) >= 11 is 12.2. The lowest BCUT2D eigenvalue weighted by Gasteiger charge is -2.37. The molecule has 6 nitrogen and oxygen atoms in total. The summed E-state index contributed by atoms with van der Waals surface area (Å²) in [5.74, 6) is 0.665. The first-order valence-corrected chi connectivity index (χ1v) is 10.7. The lowest BCUT2D eigenvalue weighted by Crippen LogP contribution is -2.50. The first kappa shape index (κ1) is 26.4. The molecule has 0 aliphatic carbocycles. The van der Waals surface area contributed by atoms with E-state index in [1.807, 2.05) is 35.2 Å². The van der Waals surface area contributed by atoms with Crippen molar-refractivity contribution in [2.75, 3.05) is 37.6 Å². The van der Waals surface area contributed by atoms with Gasteiger partial charge in [0.2, 0.25) is 5.91 Å². The molecule has 1 aromatic heterocycles. The minimum Gasteiger partial charge on any atom is -0.352 e. The van der Waals surface area contributed by atoms with E-state index >= 15 is 0 Å². The van der Waals surface area contributed by atoms with Gasteiger partial charge in [0.15, 0.2) is 0 Å². The Morgan fingerprint density at radius 2 is 1.72 bits per heavy atom. The number of fused-ring (bicyclic) bond motifs is 1. The number of hydrogen-bond donors (Lipinski definition) is 1. The number of carbonyl (C=O) groups excluding carboxylic acids is 1.